The summed E-state index contributed by atoms with van der Waals surface area (Å²) < 4.78 is 68.8. The van der Waals surface area contributed by atoms with Crippen LogP contribution in [0, 0.1) is 17.8 Å². The molecular formula is C84H164O17P2. The molecule has 0 aliphatic rings. The Morgan fingerprint density at radius 2 is 0.495 bits per heavy atom. The summed E-state index contributed by atoms with van der Waals surface area (Å²) in [6, 6.07) is 0. The van der Waals surface area contributed by atoms with Gasteiger partial charge in [0.05, 0.1) is 26.4 Å². The van der Waals surface area contributed by atoms with E-state index in [1.165, 1.54) is 250 Å². The van der Waals surface area contributed by atoms with Gasteiger partial charge in [-0.3, -0.25) is 37.3 Å². The van der Waals surface area contributed by atoms with Crippen LogP contribution in [0.4, 0.5) is 0 Å². The predicted molar refractivity (Wildman–Crippen MR) is 423 cm³/mol. The number of esters is 4. The van der Waals surface area contributed by atoms with Crippen LogP contribution in [-0.4, -0.2) is 96.7 Å². The molecule has 612 valence electrons. The van der Waals surface area contributed by atoms with Gasteiger partial charge in [-0.25, -0.2) is 9.13 Å². The zero-order valence-corrected chi connectivity index (χ0v) is 69.6. The summed E-state index contributed by atoms with van der Waals surface area (Å²) in [4.78, 5) is 73.1. The third-order valence-electron chi connectivity index (χ3n) is 20.0. The van der Waals surface area contributed by atoms with Crippen molar-refractivity contribution in [3.63, 3.8) is 0 Å². The molecule has 3 N–H and O–H groups in total. The van der Waals surface area contributed by atoms with E-state index < -0.39 is 97.5 Å². The largest absolute Gasteiger partial charge is 0.472 e. The number of carbonyl (C=O) groups excluding carboxylic acids is 4. The molecule has 19 heteroatoms. The average molecular weight is 1510 g/mol. The number of hydrogen-bond acceptors (Lipinski definition) is 15. The van der Waals surface area contributed by atoms with E-state index in [1.54, 1.807) is 0 Å². The van der Waals surface area contributed by atoms with Crippen LogP contribution in [-0.2, 0) is 65.4 Å². The van der Waals surface area contributed by atoms with Crippen molar-refractivity contribution < 1.29 is 80.2 Å². The second kappa shape index (κ2) is 74.2. The fraction of sp³-hybridized carbons (Fsp3) is 0.952. The maximum Gasteiger partial charge on any atom is 0.472 e. The van der Waals surface area contributed by atoms with Crippen molar-refractivity contribution in [3.05, 3.63) is 0 Å². The summed E-state index contributed by atoms with van der Waals surface area (Å²) >= 11 is 0. The number of unbranched alkanes of at least 4 members (excludes halogenated alkanes) is 49. The molecule has 0 fully saturated rings. The van der Waals surface area contributed by atoms with Gasteiger partial charge >= 0.3 is 39.5 Å². The summed E-state index contributed by atoms with van der Waals surface area (Å²) in [6.07, 6.45) is 63.8. The van der Waals surface area contributed by atoms with Crippen LogP contribution in [0.2, 0.25) is 0 Å². The molecule has 0 aliphatic heterocycles. The van der Waals surface area contributed by atoms with Crippen molar-refractivity contribution in [2.45, 2.75) is 458 Å². The van der Waals surface area contributed by atoms with Crippen molar-refractivity contribution in [3.8, 4) is 0 Å². The second-order valence-corrected chi connectivity index (χ2v) is 34.3. The Balaban J connectivity index is 5.23. The molecule has 0 rings (SSSR count). The first kappa shape index (κ1) is 101. The standard InChI is InChI=1S/C84H164O17P2/c1-8-10-11-12-13-14-15-16-17-23-26-31-36-44-51-58-65-81(86)94-71-79(100-83(88)67-60-53-46-37-32-27-24-21-19-18-20-22-25-30-35-43-50-57-64-77(7)9-2)73-98-102(90,91)96-69-78(85)70-97-103(92,93)99-74-80(72-95-82(87)66-59-52-45-40-39-42-49-56-63-76(5)6)101-84(89)68-61-54-47-38-33-28-29-34-41-48-55-62-75(3)4/h75-80,85H,8-74H2,1-7H3,(H,90,91)(H,92,93)/t77?,78-,79-,80-/m1/s1. The monoisotopic (exact) mass is 1510 g/mol. The lowest BCUT2D eigenvalue weighted by Gasteiger charge is -2.21. The first-order valence-electron chi connectivity index (χ1n) is 43.4. The minimum absolute atomic E-state index is 0.106. The summed E-state index contributed by atoms with van der Waals surface area (Å²) in [5.41, 5.74) is 0. The van der Waals surface area contributed by atoms with E-state index in [9.17, 15) is 43.2 Å². The van der Waals surface area contributed by atoms with Crippen LogP contribution in [0.3, 0.4) is 0 Å². The van der Waals surface area contributed by atoms with Gasteiger partial charge in [0.25, 0.3) is 0 Å². The van der Waals surface area contributed by atoms with Crippen molar-refractivity contribution >= 4 is 39.5 Å². The third kappa shape index (κ3) is 76.6. The smallest absolute Gasteiger partial charge is 0.462 e. The Labute approximate surface area is 632 Å². The van der Waals surface area contributed by atoms with Gasteiger partial charge in [-0.05, 0) is 43.4 Å². The average Bonchev–Trinajstić information content (AvgIpc) is 0.925. The highest BCUT2D eigenvalue weighted by Crippen LogP contribution is 2.45. The Bertz CT molecular complexity index is 1990. The number of aliphatic hydroxyl groups is 1. The highest BCUT2D eigenvalue weighted by molar-refractivity contribution is 7.47. The molecule has 0 heterocycles. The number of phosphoric acid groups is 2. The molecule has 3 unspecified atom stereocenters. The van der Waals surface area contributed by atoms with E-state index in [0.717, 1.165) is 108 Å². The lowest BCUT2D eigenvalue weighted by atomic mass is 9.99. The number of aliphatic hydroxyl groups excluding tert-OH is 1. The van der Waals surface area contributed by atoms with E-state index >= 15 is 0 Å². The van der Waals surface area contributed by atoms with Gasteiger partial charge in [-0.2, -0.15) is 0 Å². The number of ether oxygens (including phenoxy) is 4. The van der Waals surface area contributed by atoms with Gasteiger partial charge in [0.1, 0.15) is 19.3 Å². The summed E-state index contributed by atoms with van der Waals surface area (Å²) in [5, 5.41) is 10.7. The van der Waals surface area contributed by atoms with Crippen molar-refractivity contribution in [1.29, 1.82) is 0 Å². The number of carbonyl (C=O) groups is 4. The molecule has 0 aromatic heterocycles. The van der Waals surface area contributed by atoms with Crippen LogP contribution >= 0.6 is 15.6 Å². The lowest BCUT2D eigenvalue weighted by Crippen LogP contribution is -2.30. The van der Waals surface area contributed by atoms with Gasteiger partial charge in [0, 0.05) is 25.7 Å². The molecular weight excluding hydrogens is 1340 g/mol. The summed E-state index contributed by atoms with van der Waals surface area (Å²) in [5.74, 6) is 0.255. The maximum atomic E-state index is 13.1. The molecule has 0 spiro atoms. The van der Waals surface area contributed by atoms with E-state index in [-0.39, 0.29) is 25.7 Å². The first-order valence-corrected chi connectivity index (χ1v) is 46.4. The van der Waals surface area contributed by atoms with Crippen LogP contribution in [0.25, 0.3) is 0 Å². The first-order chi connectivity index (χ1) is 49.8. The van der Waals surface area contributed by atoms with Gasteiger partial charge < -0.3 is 33.8 Å². The van der Waals surface area contributed by atoms with Crippen LogP contribution in [0.1, 0.15) is 440 Å². The van der Waals surface area contributed by atoms with E-state index in [0.29, 0.717) is 25.7 Å². The number of rotatable bonds is 82. The number of hydrogen-bond donors (Lipinski definition) is 3. The molecule has 0 aromatic rings. The molecule has 0 saturated carbocycles. The molecule has 0 aromatic carbocycles. The second-order valence-electron chi connectivity index (χ2n) is 31.4. The zero-order chi connectivity index (χ0) is 75.8. The van der Waals surface area contributed by atoms with E-state index in [1.807, 2.05) is 0 Å². The highest BCUT2D eigenvalue weighted by Gasteiger charge is 2.30. The Morgan fingerprint density at radius 1 is 0.282 bits per heavy atom. The van der Waals surface area contributed by atoms with Crippen LogP contribution in [0.5, 0.6) is 0 Å². The van der Waals surface area contributed by atoms with Crippen molar-refractivity contribution in [2.24, 2.45) is 17.8 Å². The molecule has 0 radical (unpaired) electrons. The normalized spacial score (nSPS) is 14.2. The van der Waals surface area contributed by atoms with Gasteiger partial charge in [-0.1, -0.05) is 389 Å². The number of phosphoric ester groups is 2. The Hall–Kier alpha value is -1.94. The molecule has 17 nitrogen and oxygen atoms in total. The van der Waals surface area contributed by atoms with E-state index in [4.69, 9.17) is 37.0 Å². The minimum atomic E-state index is -4.96. The van der Waals surface area contributed by atoms with Gasteiger partial charge in [0.15, 0.2) is 12.2 Å². The predicted octanol–water partition coefficient (Wildman–Crippen LogP) is 25.3. The van der Waals surface area contributed by atoms with Crippen molar-refractivity contribution in [1.82, 2.24) is 0 Å². The maximum absolute atomic E-state index is 13.1. The quantitative estimate of drug-likeness (QED) is 0.0222. The third-order valence-corrected chi connectivity index (χ3v) is 21.9. The molecule has 103 heavy (non-hydrogen) atoms. The van der Waals surface area contributed by atoms with Crippen molar-refractivity contribution in [2.75, 3.05) is 39.6 Å². The fourth-order valence-electron chi connectivity index (χ4n) is 13.0. The molecule has 0 saturated heterocycles. The van der Waals surface area contributed by atoms with E-state index in [2.05, 4.69) is 48.5 Å². The Morgan fingerprint density at radius 3 is 0.738 bits per heavy atom. The Kier molecular flexibility index (Phi) is 72.8. The summed E-state index contributed by atoms with van der Waals surface area (Å²) in [6.45, 7) is 12.0. The fourth-order valence-corrected chi connectivity index (χ4v) is 14.6. The van der Waals surface area contributed by atoms with Gasteiger partial charge in [0.2, 0.25) is 0 Å². The summed E-state index contributed by atoms with van der Waals surface area (Å²) in [7, 11) is -9.93. The molecule has 0 bridgehead atoms. The minimum Gasteiger partial charge on any atom is -0.462 e. The SMILES string of the molecule is CCCCCCCCCCCCCCCCCCC(=O)OC[C@H](COP(=O)(O)OC[C@@H](O)COP(=O)(O)OC[C@@H](COC(=O)CCCCCCCCCCC(C)C)OC(=O)CCCCCCCCCCCCCC(C)C)OC(=O)CCCCCCCCCCCCCCCCCCCCC(C)CC. The lowest BCUT2D eigenvalue weighted by molar-refractivity contribution is -0.161. The molecule has 6 atom stereocenters. The topological polar surface area (TPSA) is 237 Å². The zero-order valence-electron chi connectivity index (χ0n) is 67.8. The highest BCUT2D eigenvalue weighted by atomic mass is 31.2. The van der Waals surface area contributed by atoms with Crippen LogP contribution < -0.4 is 0 Å². The van der Waals surface area contributed by atoms with Gasteiger partial charge in [-0.15, -0.1) is 0 Å². The van der Waals surface area contributed by atoms with Crippen LogP contribution in [0.15, 0.2) is 0 Å². The molecule has 0 amide bonds. The molecule has 0 aliphatic carbocycles.